The van der Waals surface area contributed by atoms with Gasteiger partial charge in [-0.25, -0.2) is 8.42 Å². The average molecular weight is 598 g/mol. The minimum atomic E-state index is -3.44. The van der Waals surface area contributed by atoms with Gasteiger partial charge in [0.2, 0.25) is 10.0 Å². The molecule has 0 bridgehead atoms. The third kappa shape index (κ3) is 8.07. The van der Waals surface area contributed by atoms with Crippen molar-refractivity contribution >= 4 is 21.4 Å². The molecule has 0 aliphatic carbocycles. The lowest BCUT2D eigenvalue weighted by molar-refractivity contribution is -0.120. The molecule has 4 aromatic rings. The standard InChI is InChI=1S/C34H35N3O5S/c1-25-32(36-43(3,38)39)8-5-9-33(25)37(20-27-12-10-26(19-35)11-13-27)21-28-14-16-29(17-15-28)42-31-7-4-6-30(18-31)41-24-34(2)22-40-23-34/h4-18,36H,20-24H2,1-3H3. The highest BCUT2D eigenvalue weighted by atomic mass is 32.2. The summed E-state index contributed by atoms with van der Waals surface area (Å²) in [6.45, 7) is 7.20. The zero-order valence-electron chi connectivity index (χ0n) is 24.5. The van der Waals surface area contributed by atoms with Crippen molar-refractivity contribution in [2.45, 2.75) is 26.9 Å². The van der Waals surface area contributed by atoms with Crippen LogP contribution < -0.4 is 19.1 Å². The summed E-state index contributed by atoms with van der Waals surface area (Å²) in [4.78, 5) is 2.19. The predicted octanol–water partition coefficient (Wildman–Crippen LogP) is 6.65. The lowest BCUT2D eigenvalue weighted by Gasteiger charge is -2.37. The van der Waals surface area contributed by atoms with E-state index in [-0.39, 0.29) is 5.41 Å². The topological polar surface area (TPSA) is 101 Å². The largest absolute Gasteiger partial charge is 0.493 e. The van der Waals surface area contributed by atoms with Crippen molar-refractivity contribution in [3.05, 3.63) is 113 Å². The third-order valence-corrected chi connectivity index (χ3v) is 7.81. The highest BCUT2D eigenvalue weighted by molar-refractivity contribution is 7.92. The van der Waals surface area contributed by atoms with Crippen LogP contribution in [0.5, 0.6) is 17.2 Å². The summed E-state index contributed by atoms with van der Waals surface area (Å²) < 4.78 is 44.0. The van der Waals surface area contributed by atoms with E-state index in [0.717, 1.165) is 34.4 Å². The molecule has 43 heavy (non-hydrogen) atoms. The van der Waals surface area contributed by atoms with Crippen LogP contribution in [0.3, 0.4) is 0 Å². The molecule has 1 heterocycles. The maximum atomic E-state index is 12.0. The molecule has 0 unspecified atom stereocenters. The van der Waals surface area contributed by atoms with E-state index in [2.05, 4.69) is 22.6 Å². The van der Waals surface area contributed by atoms with Gasteiger partial charge in [-0.2, -0.15) is 5.26 Å². The molecule has 4 aromatic carbocycles. The van der Waals surface area contributed by atoms with Crippen LogP contribution in [-0.4, -0.2) is 34.5 Å². The van der Waals surface area contributed by atoms with Crippen molar-refractivity contribution in [1.29, 1.82) is 5.26 Å². The number of nitrogens with zero attached hydrogens (tertiary/aromatic N) is 2. The van der Waals surface area contributed by atoms with Gasteiger partial charge in [0.15, 0.2) is 0 Å². The molecule has 0 amide bonds. The van der Waals surface area contributed by atoms with Gasteiger partial charge in [-0.1, -0.05) is 43.3 Å². The Morgan fingerprint density at radius 3 is 2.14 bits per heavy atom. The number of ether oxygens (including phenoxy) is 3. The highest BCUT2D eigenvalue weighted by Crippen LogP contribution is 2.32. The number of nitrogens with one attached hydrogen (secondary N) is 1. The van der Waals surface area contributed by atoms with Crippen LogP contribution in [0.25, 0.3) is 0 Å². The van der Waals surface area contributed by atoms with Crippen molar-refractivity contribution in [1.82, 2.24) is 0 Å². The maximum absolute atomic E-state index is 12.0. The van der Waals surface area contributed by atoms with Gasteiger partial charge in [-0.15, -0.1) is 0 Å². The third-order valence-electron chi connectivity index (χ3n) is 7.22. The van der Waals surface area contributed by atoms with Gasteiger partial charge in [0.25, 0.3) is 0 Å². The molecule has 9 heteroatoms. The lowest BCUT2D eigenvalue weighted by atomic mass is 9.90. The van der Waals surface area contributed by atoms with Gasteiger partial charge in [-0.05, 0) is 72.1 Å². The van der Waals surface area contributed by atoms with Crippen molar-refractivity contribution in [3.8, 4) is 23.3 Å². The zero-order chi connectivity index (χ0) is 30.5. The Morgan fingerprint density at radius 1 is 0.907 bits per heavy atom. The van der Waals surface area contributed by atoms with E-state index in [4.69, 9.17) is 14.2 Å². The fraction of sp³-hybridized carbons (Fsp3) is 0.265. The fourth-order valence-corrected chi connectivity index (χ4v) is 5.47. The smallest absolute Gasteiger partial charge is 0.229 e. The second-order valence-corrected chi connectivity index (χ2v) is 13.1. The predicted molar refractivity (Wildman–Crippen MR) is 168 cm³/mol. The normalized spacial score (nSPS) is 13.8. The van der Waals surface area contributed by atoms with Gasteiger partial charge in [-0.3, -0.25) is 4.72 Å². The summed E-state index contributed by atoms with van der Waals surface area (Å²) in [5, 5.41) is 9.20. The summed E-state index contributed by atoms with van der Waals surface area (Å²) in [5.74, 6) is 2.15. The van der Waals surface area contributed by atoms with Crippen LogP contribution in [0.15, 0.2) is 91.0 Å². The van der Waals surface area contributed by atoms with E-state index in [1.54, 1.807) is 18.2 Å². The Labute approximate surface area is 253 Å². The van der Waals surface area contributed by atoms with Crippen LogP contribution in [0, 0.1) is 23.7 Å². The number of hydrogen-bond acceptors (Lipinski definition) is 7. The average Bonchev–Trinajstić information content (AvgIpc) is 2.97. The first-order valence-corrected chi connectivity index (χ1v) is 15.9. The molecular formula is C34H35N3O5S. The first kappa shape index (κ1) is 30.0. The molecule has 0 atom stereocenters. The van der Waals surface area contributed by atoms with E-state index in [1.807, 2.05) is 79.7 Å². The number of rotatable bonds is 12. The van der Waals surface area contributed by atoms with E-state index in [1.165, 1.54) is 0 Å². The molecular weight excluding hydrogens is 562 g/mol. The Kier molecular flexibility index (Phi) is 8.90. The Morgan fingerprint density at radius 2 is 1.53 bits per heavy atom. The van der Waals surface area contributed by atoms with Gasteiger partial charge in [0.1, 0.15) is 17.2 Å². The van der Waals surface area contributed by atoms with Gasteiger partial charge >= 0.3 is 0 Å². The molecule has 0 aromatic heterocycles. The van der Waals surface area contributed by atoms with Crippen molar-refractivity contribution < 1.29 is 22.6 Å². The van der Waals surface area contributed by atoms with E-state index >= 15 is 0 Å². The molecule has 0 spiro atoms. The SMILES string of the molecule is Cc1c(NS(C)(=O)=O)cccc1N(Cc1ccc(C#N)cc1)Cc1ccc(Oc2cccc(OCC3(C)COC3)c2)cc1. The molecule has 0 radical (unpaired) electrons. The minimum absolute atomic E-state index is 0.0603. The quantitative estimate of drug-likeness (QED) is 0.195. The van der Waals surface area contributed by atoms with Gasteiger partial charge in [0, 0.05) is 30.3 Å². The van der Waals surface area contributed by atoms with Crippen molar-refractivity contribution in [2.24, 2.45) is 5.41 Å². The molecule has 1 fully saturated rings. The van der Waals surface area contributed by atoms with E-state index in [0.29, 0.717) is 55.7 Å². The number of hydrogen-bond donors (Lipinski definition) is 1. The Balaban J connectivity index is 1.33. The Bertz CT molecular complexity index is 1710. The molecule has 1 aliphatic rings. The number of benzene rings is 4. The summed E-state index contributed by atoms with van der Waals surface area (Å²) >= 11 is 0. The maximum Gasteiger partial charge on any atom is 0.229 e. The number of nitriles is 1. The minimum Gasteiger partial charge on any atom is -0.493 e. The van der Waals surface area contributed by atoms with Crippen LogP contribution in [0.1, 0.15) is 29.2 Å². The fourth-order valence-electron chi connectivity index (χ4n) is 4.85. The number of anilines is 2. The molecule has 8 nitrogen and oxygen atoms in total. The highest BCUT2D eigenvalue weighted by Gasteiger charge is 2.34. The summed E-state index contributed by atoms with van der Waals surface area (Å²) in [6, 6.07) is 30.7. The molecule has 1 N–H and O–H groups in total. The van der Waals surface area contributed by atoms with E-state index in [9.17, 15) is 13.7 Å². The Hall–Kier alpha value is -4.52. The zero-order valence-corrected chi connectivity index (χ0v) is 25.4. The first-order chi connectivity index (χ1) is 20.6. The summed E-state index contributed by atoms with van der Waals surface area (Å²) in [5.41, 5.74) is 5.00. The van der Waals surface area contributed by atoms with Crippen LogP contribution in [0.4, 0.5) is 11.4 Å². The van der Waals surface area contributed by atoms with Crippen LogP contribution >= 0.6 is 0 Å². The van der Waals surface area contributed by atoms with Crippen LogP contribution in [0.2, 0.25) is 0 Å². The first-order valence-electron chi connectivity index (χ1n) is 14.0. The molecule has 1 aliphatic heterocycles. The second-order valence-electron chi connectivity index (χ2n) is 11.3. The second kappa shape index (κ2) is 12.8. The summed E-state index contributed by atoms with van der Waals surface area (Å²) in [6.07, 6.45) is 1.14. The van der Waals surface area contributed by atoms with E-state index < -0.39 is 10.0 Å². The van der Waals surface area contributed by atoms with Crippen LogP contribution in [-0.2, 0) is 27.8 Å². The molecule has 5 rings (SSSR count). The molecule has 222 valence electrons. The molecule has 1 saturated heterocycles. The number of sulfonamides is 1. The van der Waals surface area contributed by atoms with Gasteiger partial charge < -0.3 is 19.1 Å². The van der Waals surface area contributed by atoms with Crippen molar-refractivity contribution in [2.75, 3.05) is 35.7 Å². The van der Waals surface area contributed by atoms with Gasteiger partial charge in [0.05, 0.1) is 43.4 Å². The lowest BCUT2D eigenvalue weighted by Crippen LogP contribution is -2.44. The molecule has 0 saturated carbocycles. The monoisotopic (exact) mass is 597 g/mol. The van der Waals surface area contributed by atoms with Crippen molar-refractivity contribution in [3.63, 3.8) is 0 Å². The summed E-state index contributed by atoms with van der Waals surface area (Å²) in [7, 11) is -3.44.